The molecule has 34 nitrogen and oxygen atoms in total. The number of aromatic nitrogens is 3. The topological polar surface area (TPSA) is 701 Å². The van der Waals surface area contributed by atoms with Gasteiger partial charge in [-0.3, -0.25) is 52.7 Å². The Morgan fingerprint density at radius 3 is 1.28 bits per heavy atom. The van der Waals surface area contributed by atoms with E-state index in [4.69, 9.17) is 97.6 Å². The van der Waals surface area contributed by atoms with Crippen LogP contribution in [0.3, 0.4) is 0 Å². The third-order valence-electron chi connectivity index (χ3n) is 9.06. The molecule has 0 aliphatic rings. The minimum Gasteiger partial charge on any atom is -0.480 e. The molecule has 3 rings (SSSR count). The maximum atomic E-state index is 10.6. The van der Waals surface area contributed by atoms with E-state index in [1.54, 1.807) is 31.8 Å². The Bertz CT molecular complexity index is 2320. The molecular formula is C47H86N14O20S. The van der Waals surface area contributed by atoms with E-state index >= 15 is 0 Å². The molecule has 0 unspecified atom stereocenters. The van der Waals surface area contributed by atoms with E-state index in [1.165, 1.54) is 13.3 Å². The molecule has 2 heterocycles. The Labute approximate surface area is 476 Å². The number of rotatable bonds is 24. The van der Waals surface area contributed by atoms with Crippen LogP contribution in [-0.4, -0.2) is 193 Å². The van der Waals surface area contributed by atoms with Crippen LogP contribution in [0.2, 0.25) is 0 Å². The highest BCUT2D eigenvalue weighted by Gasteiger charge is 2.17. The quantitative estimate of drug-likeness (QED) is 0.0414. The molecule has 82 heavy (non-hydrogen) atoms. The number of fused-ring (bicyclic) bond motifs is 1. The Kier molecular flexibility index (Phi) is 52.2. The number of benzene rings is 1. The van der Waals surface area contributed by atoms with Crippen molar-refractivity contribution in [3.63, 3.8) is 0 Å². The molecule has 0 spiro atoms. The van der Waals surface area contributed by atoms with Crippen molar-refractivity contribution < 1.29 is 98.7 Å². The van der Waals surface area contributed by atoms with Gasteiger partial charge in [-0.2, -0.15) is 11.8 Å². The normalized spacial score (nSPS) is 12.7. The van der Waals surface area contributed by atoms with E-state index in [9.17, 15) is 52.7 Å². The maximum Gasteiger partial charge on any atom is 0.321 e. The number of carboxylic acids is 9. The third-order valence-corrected chi connectivity index (χ3v) is 9.71. The first-order valence-electron chi connectivity index (χ1n) is 24.0. The minimum atomic E-state index is -1.21. The lowest BCUT2D eigenvalue weighted by Gasteiger charge is -2.07. The van der Waals surface area contributed by atoms with Crippen LogP contribution >= 0.6 is 11.8 Å². The number of hydrogen-bond acceptors (Lipinski definition) is 22. The van der Waals surface area contributed by atoms with Crippen LogP contribution in [-0.2, 0) is 65.6 Å². The van der Waals surface area contributed by atoms with Crippen LogP contribution < -0.4 is 63.1 Å². The number of hydrogen-bond donors (Lipinski definition) is 22. The number of nitrogens with two attached hydrogens (primary N) is 11. The Balaban J connectivity index is -0.000000201. The van der Waals surface area contributed by atoms with E-state index in [2.05, 4.69) is 26.4 Å². The third kappa shape index (κ3) is 54.1. The van der Waals surface area contributed by atoms with Crippen molar-refractivity contribution in [2.45, 2.75) is 128 Å². The molecule has 3 aromatic rings. The molecule has 8 atom stereocenters. The number of nitrogens with zero attached hydrogens (tertiary/aromatic N) is 1. The lowest BCUT2D eigenvalue weighted by Crippen LogP contribution is -2.34. The van der Waals surface area contributed by atoms with Crippen molar-refractivity contribution in [1.29, 1.82) is 0 Å². The fourth-order valence-electron chi connectivity index (χ4n) is 4.33. The minimum absolute atomic E-state index is 0.0208. The van der Waals surface area contributed by atoms with Gasteiger partial charge in [-0.15, -0.1) is 0 Å². The smallest absolute Gasteiger partial charge is 0.321 e. The average molecular weight is 1200 g/mol. The number of carbonyl (C=O) groups is 11. The lowest BCUT2D eigenvalue weighted by atomic mass is 10.1. The van der Waals surface area contributed by atoms with Gasteiger partial charge in [0.2, 0.25) is 11.8 Å². The monoisotopic (exact) mass is 1200 g/mol. The number of H-pyrrole nitrogens is 2. The lowest BCUT2D eigenvalue weighted by molar-refractivity contribution is -0.140. The molecule has 0 fully saturated rings. The highest BCUT2D eigenvalue weighted by Crippen LogP contribution is 2.18. The molecule has 0 bridgehead atoms. The number of imidazole rings is 1. The summed E-state index contributed by atoms with van der Waals surface area (Å²) in [5.74, 6) is -9.03. The number of thioether (sulfide) groups is 1. The summed E-state index contributed by atoms with van der Waals surface area (Å²) in [4.78, 5) is 120. The number of para-hydroxylation sites is 1. The van der Waals surface area contributed by atoms with Gasteiger partial charge in [-0.1, -0.05) is 45.9 Å². The van der Waals surface area contributed by atoms with Crippen molar-refractivity contribution in [1.82, 2.24) is 15.0 Å². The Morgan fingerprint density at radius 2 is 0.988 bits per heavy atom. The first kappa shape index (κ1) is 85.4. The number of carboxylic acid groups (broad SMARTS) is 9. The summed E-state index contributed by atoms with van der Waals surface area (Å²) in [6.45, 7) is 8.59. The van der Waals surface area contributed by atoms with Crippen LogP contribution in [0, 0.1) is 11.8 Å². The SMILES string of the molecule is CC(C)C[C@H](N)C(=O)O.CC(C)[C@H](N)C(=O)O.CSCC[C@H](N)C(=O)O.C[C@H](N)C(=O)O.NC(=O)CC[C@H](N)C(=O)O.NC(=O)C[C@H](N)C(=O)O.NCC(=O)O.N[C@@H](Cc1c[nH]c2ccccc12)C(=O)O.N[C@@H](Cc1cnc[nH]1)C(=O)O. The molecule has 35 heteroatoms. The van der Waals surface area contributed by atoms with Crippen molar-refractivity contribution in [3.8, 4) is 0 Å². The van der Waals surface area contributed by atoms with Gasteiger partial charge in [-0.25, -0.2) is 4.98 Å². The predicted octanol–water partition coefficient (Wildman–Crippen LogP) is -3.48. The van der Waals surface area contributed by atoms with Crippen molar-refractivity contribution in [2.75, 3.05) is 18.6 Å². The molecule has 0 saturated heterocycles. The number of aliphatic carboxylic acids is 9. The summed E-state index contributed by atoms with van der Waals surface area (Å²) in [6.07, 6.45) is 8.34. The predicted molar refractivity (Wildman–Crippen MR) is 301 cm³/mol. The van der Waals surface area contributed by atoms with Gasteiger partial charge in [0.05, 0.1) is 19.3 Å². The highest BCUT2D eigenvalue weighted by atomic mass is 32.2. The van der Waals surface area contributed by atoms with Crippen molar-refractivity contribution in [3.05, 3.63) is 54.2 Å². The summed E-state index contributed by atoms with van der Waals surface area (Å²) in [5.41, 5.74) is 57.8. The molecule has 0 radical (unpaired) electrons. The molecule has 470 valence electrons. The highest BCUT2D eigenvalue weighted by molar-refractivity contribution is 7.98. The summed E-state index contributed by atoms with van der Waals surface area (Å²) in [5, 5.41) is 74.8. The fraction of sp³-hybridized carbons (Fsp3) is 0.532. The van der Waals surface area contributed by atoms with Gasteiger partial charge in [-0.05, 0) is 61.7 Å². The summed E-state index contributed by atoms with van der Waals surface area (Å²) < 4.78 is 0. The second-order valence-corrected chi connectivity index (χ2v) is 18.4. The zero-order valence-corrected chi connectivity index (χ0v) is 47.2. The first-order valence-corrected chi connectivity index (χ1v) is 25.4. The Morgan fingerprint density at radius 1 is 0.561 bits per heavy atom. The molecule has 0 aliphatic heterocycles. The molecule has 2 aromatic heterocycles. The Hall–Kier alpha value is -7.87. The van der Waals surface area contributed by atoms with Crippen LogP contribution in [0.15, 0.2) is 43.0 Å². The van der Waals surface area contributed by atoms with E-state index in [0.29, 0.717) is 25.2 Å². The van der Waals surface area contributed by atoms with Gasteiger partial charge >= 0.3 is 53.7 Å². The summed E-state index contributed by atoms with van der Waals surface area (Å²) in [6, 6.07) is 1.10. The largest absolute Gasteiger partial charge is 0.480 e. The van der Waals surface area contributed by atoms with E-state index in [-0.39, 0.29) is 38.1 Å². The van der Waals surface area contributed by atoms with E-state index in [1.807, 2.05) is 50.6 Å². The molecule has 0 aliphatic carbocycles. The second kappa shape index (κ2) is 50.1. The van der Waals surface area contributed by atoms with Crippen LogP contribution in [0.25, 0.3) is 10.9 Å². The second-order valence-electron chi connectivity index (χ2n) is 17.4. The summed E-state index contributed by atoms with van der Waals surface area (Å²) >= 11 is 1.60. The molecule has 1 aromatic carbocycles. The van der Waals surface area contributed by atoms with Gasteiger partial charge in [0.25, 0.3) is 0 Å². The van der Waals surface area contributed by atoms with Gasteiger partial charge in [0.1, 0.15) is 48.3 Å². The molecule has 33 N–H and O–H groups in total. The van der Waals surface area contributed by atoms with Crippen molar-refractivity contribution in [2.24, 2.45) is 74.9 Å². The number of nitrogens with one attached hydrogen (secondary N) is 2. The average Bonchev–Trinajstić information content (AvgIpc) is 4.05. The fourth-order valence-corrected chi connectivity index (χ4v) is 4.82. The van der Waals surface area contributed by atoms with Gasteiger partial charge in [0.15, 0.2) is 0 Å². The van der Waals surface area contributed by atoms with Crippen molar-refractivity contribution >= 4 is 88.2 Å². The van der Waals surface area contributed by atoms with Crippen LogP contribution in [0.1, 0.15) is 78.0 Å². The zero-order chi connectivity index (χ0) is 65.6. The number of carbonyl (C=O) groups excluding carboxylic acids is 2. The molecule has 0 saturated carbocycles. The molecule has 2 amide bonds. The standard InChI is InChI=1S/C11H12N2O2.C6H9N3O2.C6H13NO2.C5H10N2O3.C5H11NO2S.C5H11NO2.C4H8N2O3.C3H7NO2.C2H5NO2/c12-9(11(14)15)5-7-6-13-10-4-2-1-3-8(7)10;7-5(6(10)11)1-4-2-8-3-9-4;1-4(2)3-5(7)6(8)9;6-3(5(9)10)1-2-4(7)8;1-9-3-2-4(6)5(7)8;1-3(2)4(6)5(7)8;5-2(4(8)9)1-3(6)7;1-2(4)3(5)6;3-1-2(4)5/h1-4,6,9,13H,5,12H2,(H,14,15);2-3,5H,1,7H2,(H,8,9)(H,10,11);4-5H,3,7H2,1-2H3,(H,8,9);3H,1-2,6H2,(H2,7,8)(H,9,10);4H,2-3,6H2,1H3,(H,7,8);3-4H,6H2,1-2H3,(H,7,8);2H,1,5H2,(H2,6,7)(H,8,9);2H,4H2,1H3,(H,5,6);1,3H2,(H,4,5)/t9-;2*5-;3-;2*4-;2*2-;/m00000000./s1. The number of aromatic amines is 2. The van der Waals surface area contributed by atoms with Gasteiger partial charge in [0, 0.05) is 48.3 Å². The van der Waals surface area contributed by atoms with E-state index in [0.717, 1.165) is 27.9 Å². The van der Waals surface area contributed by atoms with Crippen LogP contribution in [0.5, 0.6) is 0 Å². The number of amides is 2. The van der Waals surface area contributed by atoms with Crippen LogP contribution in [0.4, 0.5) is 0 Å². The maximum absolute atomic E-state index is 10.6. The number of primary amides is 2. The van der Waals surface area contributed by atoms with Gasteiger partial charge < -0.3 is 119 Å². The summed E-state index contributed by atoms with van der Waals surface area (Å²) in [7, 11) is 0. The zero-order valence-electron chi connectivity index (χ0n) is 46.4. The molecular weight excluding hydrogens is 1110 g/mol. The van der Waals surface area contributed by atoms with E-state index < -0.39 is 114 Å². The first-order chi connectivity index (χ1) is 37.6.